The maximum atomic E-state index is 12.9. The number of nitrogens with zero attached hydrogens (tertiary/aromatic N) is 1. The monoisotopic (exact) mass is 325 g/mol. The Labute approximate surface area is 143 Å². The molecule has 24 heavy (non-hydrogen) atoms. The molecule has 0 aromatic heterocycles. The van der Waals surface area contributed by atoms with E-state index in [9.17, 15) is 4.79 Å². The van der Waals surface area contributed by atoms with Crippen LogP contribution >= 0.6 is 0 Å². The van der Waals surface area contributed by atoms with Crippen LogP contribution in [0.1, 0.15) is 27.0 Å². The fourth-order valence-corrected chi connectivity index (χ4v) is 3.22. The van der Waals surface area contributed by atoms with Crippen LogP contribution in [-0.4, -0.2) is 38.5 Å². The molecule has 1 aliphatic heterocycles. The summed E-state index contributed by atoms with van der Waals surface area (Å²) in [5.74, 6) is 1.40. The zero-order chi connectivity index (χ0) is 17.1. The van der Waals surface area contributed by atoms with Crippen molar-refractivity contribution >= 4 is 5.78 Å². The Hall–Kier alpha value is -2.33. The molecule has 0 radical (unpaired) electrons. The molecule has 0 N–H and O–H groups in total. The van der Waals surface area contributed by atoms with E-state index in [1.165, 1.54) is 5.56 Å². The van der Waals surface area contributed by atoms with Gasteiger partial charge in [0, 0.05) is 25.1 Å². The lowest BCUT2D eigenvalue weighted by atomic mass is 9.93. The first-order valence-electron chi connectivity index (χ1n) is 8.15. The van der Waals surface area contributed by atoms with Gasteiger partial charge in [-0.05, 0) is 42.3 Å². The Morgan fingerprint density at radius 1 is 0.958 bits per heavy atom. The van der Waals surface area contributed by atoms with Crippen molar-refractivity contribution in [2.24, 2.45) is 0 Å². The van der Waals surface area contributed by atoms with E-state index < -0.39 is 0 Å². The second kappa shape index (κ2) is 7.05. The van der Waals surface area contributed by atoms with E-state index in [1.807, 2.05) is 30.3 Å². The molecule has 0 spiro atoms. The molecule has 2 aromatic carbocycles. The van der Waals surface area contributed by atoms with Gasteiger partial charge in [0.05, 0.1) is 14.2 Å². The minimum absolute atomic E-state index is 0.128. The number of hydrogen-bond donors (Lipinski definition) is 0. The van der Waals surface area contributed by atoms with Crippen molar-refractivity contribution in [1.82, 2.24) is 4.90 Å². The zero-order valence-corrected chi connectivity index (χ0v) is 14.5. The average Bonchev–Trinajstić information content (AvgIpc) is 2.60. The molecule has 0 bridgehead atoms. The quantitative estimate of drug-likeness (QED) is 0.850. The summed E-state index contributed by atoms with van der Waals surface area (Å²) in [4.78, 5) is 15.2. The van der Waals surface area contributed by atoms with E-state index in [4.69, 9.17) is 9.47 Å². The number of ether oxygens (including phenoxy) is 2. The normalized spacial score (nSPS) is 15.4. The van der Waals surface area contributed by atoms with Gasteiger partial charge in [-0.2, -0.15) is 0 Å². The SMILES string of the molecule is COc1cc2c(cc1OC)C(=O)Cc1ccccc1CN(C)CC2. The van der Waals surface area contributed by atoms with Crippen molar-refractivity contribution in [3.8, 4) is 11.5 Å². The van der Waals surface area contributed by atoms with E-state index >= 15 is 0 Å². The first kappa shape index (κ1) is 16.5. The summed E-state index contributed by atoms with van der Waals surface area (Å²) >= 11 is 0. The van der Waals surface area contributed by atoms with Gasteiger partial charge in [-0.3, -0.25) is 4.79 Å². The number of carbonyl (C=O) groups is 1. The predicted molar refractivity (Wildman–Crippen MR) is 94.1 cm³/mol. The number of Topliss-reactive ketones (excluding diaryl/α,β-unsaturated/α-hetero) is 1. The van der Waals surface area contributed by atoms with Gasteiger partial charge < -0.3 is 14.4 Å². The zero-order valence-electron chi connectivity index (χ0n) is 14.5. The topological polar surface area (TPSA) is 38.8 Å². The number of methoxy groups -OCH3 is 2. The summed E-state index contributed by atoms with van der Waals surface area (Å²) in [6.07, 6.45) is 1.21. The van der Waals surface area contributed by atoms with Crippen LogP contribution in [0.3, 0.4) is 0 Å². The van der Waals surface area contributed by atoms with Crippen molar-refractivity contribution in [3.63, 3.8) is 0 Å². The van der Waals surface area contributed by atoms with Crippen molar-refractivity contribution in [2.45, 2.75) is 19.4 Å². The number of benzene rings is 2. The lowest BCUT2D eigenvalue weighted by Crippen LogP contribution is -2.24. The summed E-state index contributed by atoms with van der Waals surface area (Å²) in [7, 11) is 5.33. The average molecular weight is 325 g/mol. The molecule has 1 heterocycles. The van der Waals surface area contributed by atoms with Gasteiger partial charge in [0.25, 0.3) is 0 Å². The molecule has 126 valence electrons. The van der Waals surface area contributed by atoms with Crippen LogP contribution in [0.5, 0.6) is 11.5 Å². The second-order valence-electron chi connectivity index (χ2n) is 6.22. The van der Waals surface area contributed by atoms with Gasteiger partial charge in [0.1, 0.15) is 0 Å². The molecule has 0 amide bonds. The van der Waals surface area contributed by atoms with E-state index in [0.29, 0.717) is 17.9 Å². The van der Waals surface area contributed by atoms with Crippen molar-refractivity contribution in [2.75, 3.05) is 27.8 Å². The van der Waals surface area contributed by atoms with E-state index in [1.54, 1.807) is 14.2 Å². The highest BCUT2D eigenvalue weighted by Gasteiger charge is 2.20. The molecule has 0 aliphatic carbocycles. The molecular weight excluding hydrogens is 302 g/mol. The van der Waals surface area contributed by atoms with Crippen LogP contribution < -0.4 is 9.47 Å². The van der Waals surface area contributed by atoms with Crippen LogP contribution in [-0.2, 0) is 19.4 Å². The van der Waals surface area contributed by atoms with Crippen molar-refractivity contribution in [3.05, 3.63) is 58.7 Å². The minimum atomic E-state index is 0.128. The van der Waals surface area contributed by atoms with E-state index in [2.05, 4.69) is 18.0 Å². The van der Waals surface area contributed by atoms with Crippen LogP contribution in [0.25, 0.3) is 0 Å². The lowest BCUT2D eigenvalue weighted by molar-refractivity contribution is 0.0990. The summed E-state index contributed by atoms with van der Waals surface area (Å²) in [6.45, 7) is 1.73. The molecule has 0 saturated carbocycles. The number of hydrogen-bond acceptors (Lipinski definition) is 4. The van der Waals surface area contributed by atoms with Gasteiger partial charge in [-0.1, -0.05) is 24.3 Å². The number of fused-ring (bicyclic) bond motifs is 2. The Balaban J connectivity index is 2.07. The fraction of sp³-hybridized carbons (Fsp3) is 0.350. The number of likely N-dealkylation sites (N-methyl/N-ethyl adjacent to an activating group) is 1. The smallest absolute Gasteiger partial charge is 0.167 e. The number of carbonyl (C=O) groups excluding carboxylic acids is 1. The third kappa shape index (κ3) is 3.29. The van der Waals surface area contributed by atoms with Crippen LogP contribution in [0.4, 0.5) is 0 Å². The summed E-state index contributed by atoms with van der Waals surface area (Å²) in [5.41, 5.74) is 4.07. The maximum Gasteiger partial charge on any atom is 0.167 e. The third-order valence-electron chi connectivity index (χ3n) is 4.58. The number of ketones is 1. The molecule has 3 rings (SSSR count). The first-order valence-corrected chi connectivity index (χ1v) is 8.15. The molecule has 2 aromatic rings. The molecule has 0 fully saturated rings. The molecular formula is C20H23NO3. The van der Waals surface area contributed by atoms with E-state index in [-0.39, 0.29) is 5.78 Å². The molecule has 0 unspecified atom stereocenters. The lowest BCUT2D eigenvalue weighted by Gasteiger charge is -2.22. The van der Waals surface area contributed by atoms with Gasteiger partial charge in [0.15, 0.2) is 17.3 Å². The first-order chi connectivity index (χ1) is 11.6. The molecule has 4 heteroatoms. The Morgan fingerprint density at radius 3 is 2.33 bits per heavy atom. The standard InChI is InChI=1S/C20H23NO3/c1-21-9-8-15-11-19(23-2)20(24-3)12-17(15)18(22)10-14-6-4-5-7-16(14)13-21/h4-7,11-12H,8-10,13H2,1-3H3. The molecule has 0 saturated heterocycles. The van der Waals surface area contributed by atoms with Gasteiger partial charge >= 0.3 is 0 Å². The van der Waals surface area contributed by atoms with Gasteiger partial charge in [0.2, 0.25) is 0 Å². The fourth-order valence-electron chi connectivity index (χ4n) is 3.22. The summed E-state index contributed by atoms with van der Waals surface area (Å²) in [5, 5.41) is 0. The van der Waals surface area contributed by atoms with Crippen LogP contribution in [0, 0.1) is 0 Å². The van der Waals surface area contributed by atoms with Crippen molar-refractivity contribution in [1.29, 1.82) is 0 Å². The molecule has 1 aliphatic rings. The highest BCUT2D eigenvalue weighted by molar-refractivity contribution is 5.99. The van der Waals surface area contributed by atoms with Crippen LogP contribution in [0.2, 0.25) is 0 Å². The molecule has 0 atom stereocenters. The van der Waals surface area contributed by atoms with Gasteiger partial charge in [-0.25, -0.2) is 0 Å². The Bertz CT molecular complexity index is 755. The highest BCUT2D eigenvalue weighted by atomic mass is 16.5. The minimum Gasteiger partial charge on any atom is -0.493 e. The van der Waals surface area contributed by atoms with Crippen LogP contribution in [0.15, 0.2) is 36.4 Å². The van der Waals surface area contributed by atoms with Crippen molar-refractivity contribution < 1.29 is 14.3 Å². The maximum absolute atomic E-state index is 12.9. The predicted octanol–water partition coefficient (Wildman–Crippen LogP) is 3.12. The largest absolute Gasteiger partial charge is 0.493 e. The van der Waals surface area contributed by atoms with Gasteiger partial charge in [-0.15, -0.1) is 0 Å². The highest BCUT2D eigenvalue weighted by Crippen LogP contribution is 2.32. The third-order valence-corrected chi connectivity index (χ3v) is 4.58. The Kier molecular flexibility index (Phi) is 4.86. The Morgan fingerprint density at radius 2 is 1.62 bits per heavy atom. The summed E-state index contributed by atoms with van der Waals surface area (Å²) in [6, 6.07) is 11.9. The number of rotatable bonds is 2. The second-order valence-corrected chi connectivity index (χ2v) is 6.22. The summed E-state index contributed by atoms with van der Waals surface area (Å²) < 4.78 is 10.8. The molecule has 4 nitrogen and oxygen atoms in total. The van der Waals surface area contributed by atoms with E-state index in [0.717, 1.165) is 36.2 Å².